The lowest BCUT2D eigenvalue weighted by Gasteiger charge is -2.08. The number of benzene rings is 1. The number of hydrogen-bond donors (Lipinski definition) is 0. The Kier molecular flexibility index (Phi) is 7.16. The maximum atomic E-state index is 12.4. The van der Waals surface area contributed by atoms with Crippen LogP contribution in [0.25, 0.3) is 23.0 Å². The van der Waals surface area contributed by atoms with Gasteiger partial charge in [0.2, 0.25) is 5.82 Å². The standard InChI is InChI=1S/C27H23F3N6O2/c1-18-14-24(26-33-25(35-38-26)21-7-9-23(10-8-21)37-27(28,29)30)34-36(18)17-20-11-13-32-22(15-20)6-2-4-19-5-3-12-31-16-19/h3,5,7-16H,2,4,6,17H2,1H3. The molecule has 38 heavy (non-hydrogen) atoms. The molecular weight excluding hydrogens is 497 g/mol. The van der Waals surface area contributed by atoms with Gasteiger partial charge in [0.1, 0.15) is 5.75 Å². The molecule has 0 bridgehead atoms. The molecule has 0 spiro atoms. The van der Waals surface area contributed by atoms with Crippen molar-refractivity contribution in [1.82, 2.24) is 29.9 Å². The number of aryl methyl sites for hydroxylation is 3. The molecule has 5 aromatic rings. The number of rotatable bonds is 9. The zero-order valence-electron chi connectivity index (χ0n) is 20.4. The van der Waals surface area contributed by atoms with E-state index in [1.54, 1.807) is 6.20 Å². The molecule has 4 aromatic heterocycles. The number of halogens is 3. The quantitative estimate of drug-likeness (QED) is 0.242. The third-order valence-corrected chi connectivity index (χ3v) is 5.81. The van der Waals surface area contributed by atoms with E-state index in [4.69, 9.17) is 4.52 Å². The Morgan fingerprint density at radius 3 is 2.58 bits per heavy atom. The van der Waals surface area contributed by atoms with Crippen molar-refractivity contribution in [3.05, 3.63) is 95.7 Å². The maximum absolute atomic E-state index is 12.4. The smallest absolute Gasteiger partial charge is 0.406 e. The first kappa shape index (κ1) is 25.1. The average Bonchev–Trinajstić information content (AvgIpc) is 3.52. The van der Waals surface area contributed by atoms with E-state index < -0.39 is 6.36 Å². The number of ether oxygens (including phenoxy) is 1. The Bertz CT molecular complexity index is 1500. The SMILES string of the molecule is Cc1cc(-c2nc(-c3ccc(OC(F)(F)F)cc3)no2)nn1Cc1ccnc(CCCc2cccnc2)c1. The van der Waals surface area contributed by atoms with Crippen molar-refractivity contribution in [2.45, 2.75) is 39.1 Å². The largest absolute Gasteiger partial charge is 0.573 e. The van der Waals surface area contributed by atoms with E-state index in [0.717, 1.165) is 36.2 Å². The summed E-state index contributed by atoms with van der Waals surface area (Å²) in [6, 6.07) is 15.1. The van der Waals surface area contributed by atoms with Crippen LogP contribution in [0.15, 0.2) is 77.7 Å². The first-order chi connectivity index (χ1) is 18.3. The highest BCUT2D eigenvalue weighted by molar-refractivity contribution is 5.58. The predicted octanol–water partition coefficient (Wildman–Crippen LogP) is 5.82. The fourth-order valence-corrected chi connectivity index (χ4v) is 3.98. The second-order valence-corrected chi connectivity index (χ2v) is 8.69. The number of nitrogens with zero attached hydrogens (tertiary/aromatic N) is 6. The van der Waals surface area contributed by atoms with E-state index in [-0.39, 0.29) is 17.5 Å². The minimum Gasteiger partial charge on any atom is -0.406 e. The van der Waals surface area contributed by atoms with Crippen LogP contribution in [-0.4, -0.2) is 36.3 Å². The molecule has 5 rings (SSSR count). The molecule has 0 radical (unpaired) electrons. The van der Waals surface area contributed by atoms with Gasteiger partial charge < -0.3 is 9.26 Å². The minimum absolute atomic E-state index is 0.211. The van der Waals surface area contributed by atoms with Crippen molar-refractivity contribution in [3.63, 3.8) is 0 Å². The number of hydrogen-bond acceptors (Lipinski definition) is 7. The van der Waals surface area contributed by atoms with Gasteiger partial charge in [0.25, 0.3) is 5.89 Å². The van der Waals surface area contributed by atoms with Crippen LogP contribution >= 0.6 is 0 Å². The highest BCUT2D eigenvalue weighted by Crippen LogP contribution is 2.27. The van der Waals surface area contributed by atoms with Crippen molar-refractivity contribution >= 4 is 0 Å². The Morgan fingerprint density at radius 2 is 1.82 bits per heavy atom. The molecule has 0 saturated heterocycles. The third kappa shape index (κ3) is 6.41. The normalized spacial score (nSPS) is 11.6. The zero-order chi connectivity index (χ0) is 26.5. The van der Waals surface area contributed by atoms with Crippen molar-refractivity contribution in [2.75, 3.05) is 0 Å². The summed E-state index contributed by atoms with van der Waals surface area (Å²) in [7, 11) is 0. The molecule has 0 aliphatic carbocycles. The summed E-state index contributed by atoms with van der Waals surface area (Å²) in [4.78, 5) is 13.0. The van der Waals surface area contributed by atoms with E-state index in [1.807, 2.05) is 42.2 Å². The Hall–Kier alpha value is -4.54. The van der Waals surface area contributed by atoms with Gasteiger partial charge in [-0.1, -0.05) is 11.2 Å². The van der Waals surface area contributed by atoms with Crippen molar-refractivity contribution in [2.24, 2.45) is 0 Å². The summed E-state index contributed by atoms with van der Waals surface area (Å²) >= 11 is 0. The molecule has 0 atom stereocenters. The van der Waals surface area contributed by atoms with Crippen LogP contribution in [0, 0.1) is 6.92 Å². The second kappa shape index (κ2) is 10.8. The van der Waals surface area contributed by atoms with E-state index in [9.17, 15) is 13.2 Å². The van der Waals surface area contributed by atoms with E-state index in [0.29, 0.717) is 17.8 Å². The molecule has 1 aromatic carbocycles. The van der Waals surface area contributed by atoms with Gasteiger partial charge in [-0.25, -0.2) is 0 Å². The highest BCUT2D eigenvalue weighted by atomic mass is 19.4. The maximum Gasteiger partial charge on any atom is 0.573 e. The summed E-state index contributed by atoms with van der Waals surface area (Å²) in [5.41, 5.74) is 5.19. The van der Waals surface area contributed by atoms with Crippen LogP contribution in [0.5, 0.6) is 5.75 Å². The Morgan fingerprint density at radius 1 is 0.974 bits per heavy atom. The van der Waals surface area contributed by atoms with Gasteiger partial charge in [0, 0.05) is 35.5 Å². The summed E-state index contributed by atoms with van der Waals surface area (Å²) in [5, 5.41) is 8.56. The second-order valence-electron chi connectivity index (χ2n) is 8.69. The van der Waals surface area contributed by atoms with Crippen LogP contribution in [0.1, 0.15) is 28.9 Å². The van der Waals surface area contributed by atoms with Crippen LogP contribution in [0.2, 0.25) is 0 Å². The van der Waals surface area contributed by atoms with E-state index in [1.165, 1.54) is 29.8 Å². The van der Waals surface area contributed by atoms with Crippen molar-refractivity contribution < 1.29 is 22.4 Å². The van der Waals surface area contributed by atoms with Crippen molar-refractivity contribution in [1.29, 1.82) is 0 Å². The molecule has 0 aliphatic rings. The topological polar surface area (TPSA) is 91.8 Å². The lowest BCUT2D eigenvalue weighted by molar-refractivity contribution is -0.274. The average molecular weight is 521 g/mol. The van der Waals surface area contributed by atoms with Gasteiger partial charge in [-0.05, 0) is 85.8 Å². The summed E-state index contributed by atoms with van der Waals surface area (Å²) in [5.74, 6) is 0.117. The highest BCUT2D eigenvalue weighted by Gasteiger charge is 2.31. The number of alkyl halides is 3. The number of aromatic nitrogens is 6. The lowest BCUT2D eigenvalue weighted by atomic mass is 10.1. The van der Waals surface area contributed by atoms with Crippen LogP contribution in [0.4, 0.5) is 13.2 Å². The van der Waals surface area contributed by atoms with Crippen LogP contribution < -0.4 is 4.74 Å². The minimum atomic E-state index is -4.75. The van der Waals surface area contributed by atoms with E-state index in [2.05, 4.69) is 42.1 Å². The van der Waals surface area contributed by atoms with Crippen molar-refractivity contribution in [3.8, 4) is 28.7 Å². The fourth-order valence-electron chi connectivity index (χ4n) is 3.98. The number of pyridine rings is 2. The lowest BCUT2D eigenvalue weighted by Crippen LogP contribution is -2.16. The molecular formula is C27H23F3N6O2. The molecule has 0 saturated carbocycles. The molecule has 0 unspecified atom stereocenters. The Labute approximate surface area is 216 Å². The van der Waals surface area contributed by atoms with Gasteiger partial charge in [-0.3, -0.25) is 14.6 Å². The zero-order valence-corrected chi connectivity index (χ0v) is 20.4. The first-order valence-corrected chi connectivity index (χ1v) is 11.9. The van der Waals surface area contributed by atoms with Gasteiger partial charge in [-0.15, -0.1) is 13.2 Å². The van der Waals surface area contributed by atoms with Gasteiger partial charge in [0.05, 0.1) is 6.54 Å². The summed E-state index contributed by atoms with van der Waals surface area (Å²) in [6.07, 6.45) is 3.49. The molecule has 8 nitrogen and oxygen atoms in total. The van der Waals surface area contributed by atoms with Gasteiger partial charge in [-0.2, -0.15) is 10.1 Å². The van der Waals surface area contributed by atoms with Crippen LogP contribution in [-0.2, 0) is 19.4 Å². The molecule has 4 heterocycles. The Balaban J connectivity index is 1.23. The summed E-state index contributed by atoms with van der Waals surface area (Å²) in [6.45, 7) is 2.48. The molecule has 194 valence electrons. The molecule has 0 aliphatic heterocycles. The monoisotopic (exact) mass is 520 g/mol. The molecule has 0 fully saturated rings. The van der Waals surface area contributed by atoms with Gasteiger partial charge >= 0.3 is 6.36 Å². The van der Waals surface area contributed by atoms with Gasteiger partial charge in [0.15, 0.2) is 5.69 Å². The summed E-state index contributed by atoms with van der Waals surface area (Å²) < 4.78 is 48.2. The van der Waals surface area contributed by atoms with E-state index >= 15 is 0 Å². The molecule has 0 N–H and O–H groups in total. The molecule has 11 heteroatoms. The fraction of sp³-hybridized carbons (Fsp3) is 0.222. The predicted molar refractivity (Wildman–Crippen MR) is 132 cm³/mol. The molecule has 0 amide bonds. The van der Waals surface area contributed by atoms with Crippen LogP contribution in [0.3, 0.4) is 0 Å². The third-order valence-electron chi connectivity index (χ3n) is 5.81. The first-order valence-electron chi connectivity index (χ1n) is 11.9.